The number of aryl methyl sites for hydroxylation is 1. The lowest BCUT2D eigenvalue weighted by molar-refractivity contribution is 0.442. The SMILES string of the molecule is CNC(C)c1ncc(-c2cc3c(s2)CCSC3)o1. The molecule has 2 aromatic rings. The van der Waals surface area contributed by atoms with Crippen molar-refractivity contribution in [1.82, 2.24) is 10.3 Å². The lowest BCUT2D eigenvalue weighted by atomic mass is 10.2. The molecule has 1 unspecified atom stereocenters. The van der Waals surface area contributed by atoms with E-state index >= 15 is 0 Å². The molecule has 18 heavy (non-hydrogen) atoms. The number of nitrogens with zero attached hydrogens (tertiary/aromatic N) is 1. The Balaban J connectivity index is 1.90. The number of rotatable bonds is 3. The Hall–Kier alpha value is -0.780. The Bertz CT molecular complexity index is 523. The summed E-state index contributed by atoms with van der Waals surface area (Å²) in [6.07, 6.45) is 3.03. The number of aromatic nitrogens is 1. The first-order valence-corrected chi connectivity index (χ1v) is 8.07. The van der Waals surface area contributed by atoms with E-state index in [1.165, 1.54) is 27.5 Å². The van der Waals surface area contributed by atoms with Crippen LogP contribution in [0.2, 0.25) is 0 Å². The molecule has 3 nitrogen and oxygen atoms in total. The molecule has 3 heterocycles. The van der Waals surface area contributed by atoms with Crippen LogP contribution < -0.4 is 5.32 Å². The zero-order chi connectivity index (χ0) is 12.5. The Morgan fingerprint density at radius 2 is 2.39 bits per heavy atom. The van der Waals surface area contributed by atoms with Crippen LogP contribution in [0.25, 0.3) is 10.6 Å². The Morgan fingerprint density at radius 3 is 3.17 bits per heavy atom. The molecule has 5 heteroatoms. The van der Waals surface area contributed by atoms with Crippen LogP contribution in [0.3, 0.4) is 0 Å². The first-order chi connectivity index (χ1) is 8.78. The van der Waals surface area contributed by atoms with Gasteiger partial charge in [0.1, 0.15) is 0 Å². The molecule has 0 spiro atoms. The average molecular weight is 280 g/mol. The zero-order valence-electron chi connectivity index (χ0n) is 10.5. The zero-order valence-corrected chi connectivity index (χ0v) is 12.2. The van der Waals surface area contributed by atoms with Crippen LogP contribution in [-0.4, -0.2) is 17.8 Å². The van der Waals surface area contributed by atoms with Gasteiger partial charge in [0.05, 0.1) is 17.1 Å². The van der Waals surface area contributed by atoms with Gasteiger partial charge in [-0.3, -0.25) is 0 Å². The summed E-state index contributed by atoms with van der Waals surface area (Å²) in [6, 6.07) is 2.42. The second-order valence-electron chi connectivity index (χ2n) is 4.43. The van der Waals surface area contributed by atoms with Crippen molar-refractivity contribution in [1.29, 1.82) is 0 Å². The number of hydrogen-bond donors (Lipinski definition) is 1. The number of fused-ring (bicyclic) bond motifs is 1. The van der Waals surface area contributed by atoms with Gasteiger partial charge in [-0.25, -0.2) is 4.98 Å². The fraction of sp³-hybridized carbons (Fsp3) is 0.462. The summed E-state index contributed by atoms with van der Waals surface area (Å²) in [4.78, 5) is 7.07. The number of hydrogen-bond acceptors (Lipinski definition) is 5. The van der Waals surface area contributed by atoms with Gasteiger partial charge in [-0.05, 0) is 37.8 Å². The Kier molecular flexibility index (Phi) is 3.46. The summed E-state index contributed by atoms with van der Waals surface area (Å²) in [5.74, 6) is 4.04. The van der Waals surface area contributed by atoms with E-state index in [1.54, 1.807) is 0 Å². The third-order valence-electron chi connectivity index (χ3n) is 3.20. The summed E-state index contributed by atoms with van der Waals surface area (Å²) < 4.78 is 5.83. The molecule has 0 fully saturated rings. The molecular weight excluding hydrogens is 264 g/mol. The van der Waals surface area contributed by atoms with Crippen molar-refractivity contribution in [2.75, 3.05) is 12.8 Å². The van der Waals surface area contributed by atoms with Gasteiger partial charge in [0, 0.05) is 10.6 Å². The van der Waals surface area contributed by atoms with Gasteiger partial charge in [0.2, 0.25) is 5.89 Å². The summed E-state index contributed by atoms with van der Waals surface area (Å²) in [5, 5.41) is 3.14. The second kappa shape index (κ2) is 5.07. The highest BCUT2D eigenvalue weighted by Gasteiger charge is 2.17. The monoisotopic (exact) mass is 280 g/mol. The molecule has 0 radical (unpaired) electrons. The van der Waals surface area contributed by atoms with Crippen LogP contribution in [0.1, 0.15) is 29.3 Å². The van der Waals surface area contributed by atoms with Crippen molar-refractivity contribution >= 4 is 23.1 Å². The summed E-state index contributed by atoms with van der Waals surface area (Å²) in [5.41, 5.74) is 1.48. The first-order valence-electron chi connectivity index (χ1n) is 6.10. The average Bonchev–Trinajstić information content (AvgIpc) is 3.03. The Labute approximate surface area is 115 Å². The summed E-state index contributed by atoms with van der Waals surface area (Å²) in [7, 11) is 1.91. The van der Waals surface area contributed by atoms with E-state index in [9.17, 15) is 0 Å². The van der Waals surface area contributed by atoms with Gasteiger partial charge in [-0.1, -0.05) is 0 Å². The maximum Gasteiger partial charge on any atom is 0.211 e. The molecule has 3 rings (SSSR count). The lowest BCUT2D eigenvalue weighted by Gasteiger charge is -2.08. The van der Waals surface area contributed by atoms with Gasteiger partial charge < -0.3 is 9.73 Å². The summed E-state index contributed by atoms with van der Waals surface area (Å²) >= 11 is 3.86. The molecule has 0 amide bonds. The molecule has 0 saturated carbocycles. The van der Waals surface area contributed by atoms with Gasteiger partial charge in [-0.15, -0.1) is 11.3 Å². The topological polar surface area (TPSA) is 38.1 Å². The molecule has 1 aliphatic heterocycles. The largest absolute Gasteiger partial charge is 0.438 e. The molecule has 96 valence electrons. The van der Waals surface area contributed by atoms with Gasteiger partial charge in [0.25, 0.3) is 0 Å². The minimum absolute atomic E-state index is 0.156. The second-order valence-corrected chi connectivity index (χ2v) is 6.68. The lowest BCUT2D eigenvalue weighted by Crippen LogP contribution is -2.12. The van der Waals surface area contributed by atoms with Gasteiger partial charge >= 0.3 is 0 Å². The van der Waals surface area contributed by atoms with Crippen LogP contribution >= 0.6 is 23.1 Å². The Morgan fingerprint density at radius 1 is 1.50 bits per heavy atom. The predicted molar refractivity (Wildman–Crippen MR) is 77.2 cm³/mol. The molecule has 0 aromatic carbocycles. The standard InChI is InChI=1S/C13H16N2OS2/c1-8(14-2)13-15-6-10(16-13)12-5-9-7-17-4-3-11(9)18-12/h5-6,8,14H,3-4,7H2,1-2H3. The van der Waals surface area contributed by atoms with Crippen LogP contribution in [0.4, 0.5) is 0 Å². The highest BCUT2D eigenvalue weighted by atomic mass is 32.2. The molecular formula is C13H16N2OS2. The van der Waals surface area contributed by atoms with Crippen molar-refractivity contribution in [3.8, 4) is 10.6 Å². The van der Waals surface area contributed by atoms with E-state index in [-0.39, 0.29) is 6.04 Å². The maximum absolute atomic E-state index is 5.83. The predicted octanol–water partition coefficient (Wildman–Crippen LogP) is 3.47. The van der Waals surface area contributed by atoms with Crippen LogP contribution in [-0.2, 0) is 12.2 Å². The maximum atomic E-state index is 5.83. The van der Waals surface area contributed by atoms with Crippen LogP contribution in [0, 0.1) is 0 Å². The van der Waals surface area contributed by atoms with Crippen molar-refractivity contribution < 1.29 is 4.42 Å². The smallest absolute Gasteiger partial charge is 0.211 e. The highest BCUT2D eigenvalue weighted by molar-refractivity contribution is 7.98. The molecule has 1 aliphatic rings. The van der Waals surface area contributed by atoms with E-state index in [1.807, 2.05) is 43.3 Å². The quantitative estimate of drug-likeness (QED) is 0.934. The minimum Gasteiger partial charge on any atom is -0.438 e. The number of thiophene rings is 1. The van der Waals surface area contributed by atoms with Crippen LogP contribution in [0.15, 0.2) is 16.7 Å². The third kappa shape index (κ3) is 2.22. The molecule has 1 N–H and O–H groups in total. The third-order valence-corrected chi connectivity index (χ3v) is 5.46. The van der Waals surface area contributed by atoms with E-state index in [2.05, 4.69) is 16.4 Å². The number of thioether (sulfide) groups is 1. The van der Waals surface area contributed by atoms with Gasteiger partial charge in [-0.2, -0.15) is 11.8 Å². The van der Waals surface area contributed by atoms with Crippen molar-refractivity contribution in [3.63, 3.8) is 0 Å². The molecule has 0 aliphatic carbocycles. The number of nitrogens with one attached hydrogen (secondary N) is 1. The normalized spacial score (nSPS) is 16.6. The summed E-state index contributed by atoms with van der Waals surface area (Å²) in [6.45, 7) is 2.05. The molecule has 2 aromatic heterocycles. The molecule has 0 bridgehead atoms. The fourth-order valence-electron chi connectivity index (χ4n) is 1.99. The van der Waals surface area contributed by atoms with E-state index in [4.69, 9.17) is 4.42 Å². The van der Waals surface area contributed by atoms with Crippen molar-refractivity contribution in [2.24, 2.45) is 0 Å². The fourth-order valence-corrected chi connectivity index (χ4v) is 4.31. The van der Waals surface area contributed by atoms with E-state index in [0.29, 0.717) is 0 Å². The first kappa shape index (κ1) is 12.3. The number of oxazole rings is 1. The highest BCUT2D eigenvalue weighted by Crippen LogP contribution is 2.37. The van der Waals surface area contributed by atoms with Crippen molar-refractivity contribution in [3.05, 3.63) is 28.6 Å². The van der Waals surface area contributed by atoms with Crippen molar-refractivity contribution in [2.45, 2.75) is 25.1 Å². The minimum atomic E-state index is 0.156. The molecule has 0 saturated heterocycles. The molecule has 1 atom stereocenters. The van der Waals surface area contributed by atoms with E-state index in [0.717, 1.165) is 17.4 Å². The van der Waals surface area contributed by atoms with Crippen LogP contribution in [0.5, 0.6) is 0 Å². The van der Waals surface area contributed by atoms with E-state index < -0.39 is 0 Å². The van der Waals surface area contributed by atoms with Gasteiger partial charge in [0.15, 0.2) is 5.76 Å².